The summed E-state index contributed by atoms with van der Waals surface area (Å²) in [6.45, 7) is 3.88. The number of carbonyl (C=O) groups is 1. The van der Waals surface area contributed by atoms with E-state index in [0.717, 1.165) is 30.5 Å². The normalized spacial score (nSPS) is 23.5. The second-order valence-electron chi connectivity index (χ2n) is 3.12. The molecule has 0 bridgehead atoms. The second kappa shape index (κ2) is 1.97. The minimum atomic E-state index is 0.169. The first-order valence-electron chi connectivity index (χ1n) is 3.91. The van der Waals surface area contributed by atoms with Crippen molar-refractivity contribution in [2.45, 2.75) is 19.3 Å². The lowest BCUT2D eigenvalue weighted by Crippen LogP contribution is -2.20. The highest BCUT2D eigenvalue weighted by Gasteiger charge is 2.33. The van der Waals surface area contributed by atoms with Crippen molar-refractivity contribution >= 4 is 5.91 Å². The maximum atomic E-state index is 11.4. The van der Waals surface area contributed by atoms with Crippen LogP contribution in [0.25, 0.3) is 0 Å². The number of rotatable bonds is 0. The fraction of sp³-hybridized carbons (Fsp3) is 0.444. The van der Waals surface area contributed by atoms with Crippen molar-refractivity contribution in [3.05, 3.63) is 23.4 Å². The van der Waals surface area contributed by atoms with Crippen molar-refractivity contribution in [1.82, 2.24) is 4.90 Å². The van der Waals surface area contributed by atoms with Crippen LogP contribution in [0.15, 0.2) is 23.4 Å². The standard InChI is InChI=1S/C9H11NO/c1-6-7-4-3-5-8(7)9(11)10(6)2/h1,3-5H2,2H3. The maximum Gasteiger partial charge on any atom is 0.254 e. The average Bonchev–Trinajstić information content (AvgIpc) is 2.53. The lowest BCUT2D eigenvalue weighted by molar-refractivity contribution is -0.123. The van der Waals surface area contributed by atoms with Gasteiger partial charge in [0.25, 0.3) is 5.91 Å². The van der Waals surface area contributed by atoms with Crippen LogP contribution in [-0.4, -0.2) is 17.9 Å². The van der Waals surface area contributed by atoms with Crippen molar-refractivity contribution in [2.75, 3.05) is 7.05 Å². The molecule has 1 aliphatic carbocycles. The van der Waals surface area contributed by atoms with Gasteiger partial charge in [-0.25, -0.2) is 0 Å². The second-order valence-corrected chi connectivity index (χ2v) is 3.12. The molecule has 0 radical (unpaired) electrons. The molecule has 0 aromatic rings. The molecule has 1 amide bonds. The summed E-state index contributed by atoms with van der Waals surface area (Å²) in [6.07, 6.45) is 3.13. The summed E-state index contributed by atoms with van der Waals surface area (Å²) in [5, 5.41) is 0. The largest absolute Gasteiger partial charge is 0.312 e. The highest BCUT2D eigenvalue weighted by molar-refractivity contribution is 6.00. The van der Waals surface area contributed by atoms with Gasteiger partial charge in [0.2, 0.25) is 0 Å². The highest BCUT2D eigenvalue weighted by atomic mass is 16.2. The number of likely N-dealkylation sites (tertiary alicyclic amines) is 1. The third-order valence-electron chi connectivity index (χ3n) is 2.53. The lowest BCUT2D eigenvalue weighted by Gasteiger charge is -2.12. The molecule has 2 aliphatic rings. The summed E-state index contributed by atoms with van der Waals surface area (Å²) < 4.78 is 0. The topological polar surface area (TPSA) is 20.3 Å². The number of allylic oxidation sites excluding steroid dienone is 1. The third kappa shape index (κ3) is 0.694. The predicted molar refractivity (Wildman–Crippen MR) is 42.8 cm³/mol. The molecule has 2 nitrogen and oxygen atoms in total. The zero-order valence-corrected chi connectivity index (χ0v) is 6.68. The Morgan fingerprint density at radius 3 is 2.64 bits per heavy atom. The molecule has 2 heteroatoms. The lowest BCUT2D eigenvalue weighted by atomic mass is 10.2. The van der Waals surface area contributed by atoms with Crippen LogP contribution >= 0.6 is 0 Å². The Bertz CT molecular complexity index is 249. The van der Waals surface area contributed by atoms with Gasteiger partial charge in [0.1, 0.15) is 0 Å². The van der Waals surface area contributed by atoms with Gasteiger partial charge in [-0.1, -0.05) is 6.58 Å². The Hall–Kier alpha value is -1.05. The summed E-state index contributed by atoms with van der Waals surface area (Å²) >= 11 is 0. The Morgan fingerprint density at radius 1 is 1.36 bits per heavy atom. The maximum absolute atomic E-state index is 11.4. The summed E-state index contributed by atoms with van der Waals surface area (Å²) in [7, 11) is 1.79. The fourth-order valence-corrected chi connectivity index (χ4v) is 1.83. The first kappa shape index (κ1) is 6.65. The van der Waals surface area contributed by atoms with Gasteiger partial charge in [0, 0.05) is 18.3 Å². The number of carbonyl (C=O) groups excluding carboxylic acids is 1. The molecule has 11 heavy (non-hydrogen) atoms. The number of hydrogen-bond donors (Lipinski definition) is 0. The van der Waals surface area contributed by atoms with Crippen molar-refractivity contribution in [3.8, 4) is 0 Å². The Morgan fingerprint density at radius 2 is 2.00 bits per heavy atom. The molecular weight excluding hydrogens is 138 g/mol. The molecule has 0 fully saturated rings. The molecule has 1 heterocycles. The fourth-order valence-electron chi connectivity index (χ4n) is 1.83. The van der Waals surface area contributed by atoms with Gasteiger partial charge in [-0.05, 0) is 24.8 Å². The van der Waals surface area contributed by atoms with Gasteiger partial charge in [-0.2, -0.15) is 0 Å². The third-order valence-corrected chi connectivity index (χ3v) is 2.53. The van der Waals surface area contributed by atoms with E-state index in [2.05, 4.69) is 6.58 Å². The molecule has 58 valence electrons. The zero-order valence-electron chi connectivity index (χ0n) is 6.68. The van der Waals surface area contributed by atoms with Gasteiger partial charge in [0.05, 0.1) is 0 Å². The van der Waals surface area contributed by atoms with Gasteiger partial charge < -0.3 is 4.90 Å². The predicted octanol–water partition coefficient (Wildman–Crippen LogP) is 1.45. The van der Waals surface area contributed by atoms with Crippen LogP contribution in [0.3, 0.4) is 0 Å². The van der Waals surface area contributed by atoms with Gasteiger partial charge in [0.15, 0.2) is 0 Å². The van der Waals surface area contributed by atoms with E-state index in [1.165, 1.54) is 5.57 Å². The van der Waals surface area contributed by atoms with Crippen LogP contribution < -0.4 is 0 Å². The minimum Gasteiger partial charge on any atom is -0.312 e. The van der Waals surface area contributed by atoms with E-state index < -0.39 is 0 Å². The van der Waals surface area contributed by atoms with E-state index in [1.54, 1.807) is 11.9 Å². The Balaban J connectivity index is 2.45. The molecule has 1 aliphatic heterocycles. The van der Waals surface area contributed by atoms with Crippen molar-refractivity contribution in [2.24, 2.45) is 0 Å². The molecule has 2 rings (SSSR count). The SMILES string of the molecule is C=C1C2=C(CCC2)C(=O)N1C. The molecule has 0 spiro atoms. The molecule has 0 saturated heterocycles. The van der Waals surface area contributed by atoms with Crippen LogP contribution in [0, 0.1) is 0 Å². The summed E-state index contributed by atoms with van der Waals surface area (Å²) in [5.41, 5.74) is 3.14. The monoisotopic (exact) mass is 149 g/mol. The minimum absolute atomic E-state index is 0.169. The Labute approximate surface area is 66.2 Å². The average molecular weight is 149 g/mol. The van der Waals surface area contributed by atoms with Crippen LogP contribution in [0.5, 0.6) is 0 Å². The number of amides is 1. The number of likely N-dealkylation sites (N-methyl/N-ethyl adjacent to an activating group) is 1. The molecule has 0 aromatic heterocycles. The first-order valence-corrected chi connectivity index (χ1v) is 3.91. The van der Waals surface area contributed by atoms with Gasteiger partial charge >= 0.3 is 0 Å². The molecule has 0 atom stereocenters. The van der Waals surface area contributed by atoms with Crippen molar-refractivity contribution < 1.29 is 4.79 Å². The quantitative estimate of drug-likeness (QED) is 0.510. The van der Waals surface area contributed by atoms with E-state index in [-0.39, 0.29) is 5.91 Å². The highest BCUT2D eigenvalue weighted by Crippen LogP contribution is 2.38. The van der Waals surface area contributed by atoms with E-state index in [1.807, 2.05) is 0 Å². The van der Waals surface area contributed by atoms with Crippen molar-refractivity contribution in [3.63, 3.8) is 0 Å². The molecule has 0 saturated carbocycles. The molecule has 0 unspecified atom stereocenters. The summed E-state index contributed by atoms with van der Waals surface area (Å²) in [5.74, 6) is 0.169. The van der Waals surface area contributed by atoms with Crippen LogP contribution in [0.1, 0.15) is 19.3 Å². The van der Waals surface area contributed by atoms with Crippen LogP contribution in [0.2, 0.25) is 0 Å². The Kier molecular flexibility index (Phi) is 1.19. The zero-order chi connectivity index (χ0) is 8.01. The van der Waals surface area contributed by atoms with E-state index in [9.17, 15) is 4.79 Å². The number of nitrogens with zero attached hydrogens (tertiary/aromatic N) is 1. The molecule has 0 N–H and O–H groups in total. The summed E-state index contributed by atoms with van der Waals surface area (Å²) in [6, 6.07) is 0. The van der Waals surface area contributed by atoms with Crippen LogP contribution in [-0.2, 0) is 4.79 Å². The molecule has 0 aromatic carbocycles. The van der Waals surface area contributed by atoms with Crippen molar-refractivity contribution in [1.29, 1.82) is 0 Å². The van der Waals surface area contributed by atoms with E-state index >= 15 is 0 Å². The summed E-state index contributed by atoms with van der Waals surface area (Å²) in [4.78, 5) is 13.1. The first-order chi connectivity index (χ1) is 5.22. The van der Waals surface area contributed by atoms with Crippen LogP contribution in [0.4, 0.5) is 0 Å². The van der Waals surface area contributed by atoms with Gasteiger partial charge in [-0.15, -0.1) is 0 Å². The molecular formula is C9H11NO. The number of hydrogen-bond acceptors (Lipinski definition) is 1. The van der Waals surface area contributed by atoms with Gasteiger partial charge in [-0.3, -0.25) is 4.79 Å². The van der Waals surface area contributed by atoms with E-state index in [4.69, 9.17) is 0 Å². The smallest absolute Gasteiger partial charge is 0.254 e. The van der Waals surface area contributed by atoms with E-state index in [0.29, 0.717) is 0 Å².